The molecule has 3 aromatic heterocycles. The third-order valence-electron chi connectivity index (χ3n) is 30.0. The van der Waals surface area contributed by atoms with E-state index in [2.05, 4.69) is 159 Å². The lowest BCUT2D eigenvalue weighted by Gasteiger charge is -2.26. The van der Waals surface area contributed by atoms with Gasteiger partial charge >= 0.3 is 0 Å². The summed E-state index contributed by atoms with van der Waals surface area (Å²) in [5.74, 6) is 4.99. The molecule has 0 radical (unpaired) electrons. The highest BCUT2D eigenvalue weighted by atomic mass is 16.5. The zero-order chi connectivity index (χ0) is 103. The summed E-state index contributed by atoms with van der Waals surface area (Å²) in [5.41, 5.74) is 36.9. The summed E-state index contributed by atoms with van der Waals surface area (Å²) in [6.07, 6.45) is 27.3. The van der Waals surface area contributed by atoms with Crippen LogP contribution in [0, 0.1) is 127 Å². The number of aromatic nitrogens is 3. The van der Waals surface area contributed by atoms with E-state index in [-0.39, 0.29) is 41.4 Å². The Morgan fingerprint density at radius 3 is 1.19 bits per heavy atom. The van der Waals surface area contributed by atoms with Gasteiger partial charge in [0.05, 0.1) is 19.6 Å². The van der Waals surface area contributed by atoms with Gasteiger partial charge in [-0.2, -0.15) is 0 Å². The lowest BCUT2D eigenvalue weighted by molar-refractivity contribution is -0.111. The second kappa shape index (κ2) is 48.4. The molecule has 6 atom stereocenters. The summed E-state index contributed by atoms with van der Waals surface area (Å²) < 4.78 is 16.0. The van der Waals surface area contributed by atoms with E-state index < -0.39 is 0 Å². The summed E-state index contributed by atoms with van der Waals surface area (Å²) in [7, 11) is 0. The molecule has 0 saturated heterocycles. The number of carbonyl (C=O) groups is 7. The largest absolute Gasteiger partial charge is 0.360 e. The fourth-order valence-electron chi connectivity index (χ4n) is 22.2. The molecule has 4 aliphatic heterocycles. The topological polar surface area (TPSA) is 331 Å². The van der Waals surface area contributed by atoms with Gasteiger partial charge in [0.1, 0.15) is 40.1 Å². The number of hydrogen-bond donors (Lipinski definition) is 7. The standard InChI is InChI=1S/C19H24N2O.C18H22N2O2.C18H24N2O.2C17H20N2O.2C16H18N2O2/c1-11-7-14(4)17-10-20-18(16(17)8-11)19(22)21-15-6-5-12(2)13(3)9-15;1-10-7-13(4)17-15(8-10)16(20-22-17)18(21)19-14-6-5-11(2)12(3)9-14;1-12-8-9-16(13(2)10-12)20-18(21)17-15-7-5-3-4-6-14(15)11-19-17;1-11-7-12(2)9-14(8-11)19-17(20)16-15-6-4-3-5-13(15)10-18-16;1-11-7-8-15(12(2)9-11)19-17(20)16-14-6-4-3-5-13(14)10-18-16;1-10-7-11(2)9-12(8-10)17-16(19)15-13-5-3-4-6-14(13)20-18-15;1-10-7-8-13(11(2)9-10)17-16(19)15-12-5-3-4-6-14(12)20-18-15/h5-6,9,11,14H,7-8,10H2,1-4H3,(H,21,22);5-6,9-10,13H,7-8H2,1-4H3,(H,19,21);8-10,14-15H,3-7,11H2,1-2H3,(H,20,21);2*7-9H,3-6,10H2,1-2H3,(H,19,20);2*7-9H,3-6H2,1-2H3,(H,17,19). The SMILES string of the molecule is Cc1cc(C)cc(NC(=O)C2=NCC3=C2CCCC3)c1.Cc1cc(C)cc(NC(=O)c2noc3c2CCCC3)c1.Cc1ccc(NC(=O)C2=NCC3=C2CC(C)CC3C)cc1C.Cc1ccc(NC(=O)C2=NCC3=C2CCCC3)c(C)c1.Cc1ccc(NC(=O)C2=NCC3CCCCCC23)c(C)c1.Cc1ccc(NC(=O)c2noc3c2CC(C)CC3C)cc1C.Cc1ccc(NC(=O)c2noc3c2CCCC3)c(C)c1. The summed E-state index contributed by atoms with van der Waals surface area (Å²) in [6, 6.07) is 42.1. The number of benzene rings is 7. The van der Waals surface area contributed by atoms with E-state index in [0.717, 1.165) is 246 Å². The van der Waals surface area contributed by atoms with Crippen LogP contribution in [0.1, 0.15) is 305 Å². The number of carbonyl (C=O) groups excluding carboxylic acids is 7. The number of rotatable bonds is 14. The number of nitrogens with zero attached hydrogens (tertiary/aromatic N) is 7. The molecule has 7 amide bonds. The third kappa shape index (κ3) is 26.9. The van der Waals surface area contributed by atoms with E-state index in [1.807, 2.05) is 165 Å². The normalized spacial score (nSPS) is 19.1. The van der Waals surface area contributed by atoms with Crippen molar-refractivity contribution in [2.45, 2.75) is 291 Å². The second-order valence-electron chi connectivity index (χ2n) is 42.3. The van der Waals surface area contributed by atoms with Crippen molar-refractivity contribution >= 4 is 104 Å². The van der Waals surface area contributed by atoms with Crippen molar-refractivity contribution in [3.8, 4) is 0 Å². The number of fused-ring (bicyclic) bond motifs is 4. The van der Waals surface area contributed by atoms with Gasteiger partial charge in [-0.1, -0.05) is 140 Å². The van der Waals surface area contributed by atoms with Gasteiger partial charge in [0.15, 0.2) is 17.1 Å². The Morgan fingerprint density at radius 1 is 0.303 bits per heavy atom. The zero-order valence-corrected chi connectivity index (χ0v) is 88.3. The van der Waals surface area contributed by atoms with Crippen LogP contribution in [-0.2, 0) is 51.3 Å². The summed E-state index contributed by atoms with van der Waals surface area (Å²) in [4.78, 5) is 105. The third-order valence-corrected chi connectivity index (χ3v) is 30.0. The Labute approximate surface area is 855 Å². The molecule has 21 rings (SSSR count). The Hall–Kier alpha value is -13.6. The first-order valence-electron chi connectivity index (χ1n) is 52.6. The van der Waals surface area contributed by atoms with Crippen LogP contribution in [-0.4, -0.2) is 106 Å². The maximum atomic E-state index is 12.6. The van der Waals surface area contributed by atoms with Crippen LogP contribution < -0.4 is 37.2 Å². The number of amides is 7. The van der Waals surface area contributed by atoms with Gasteiger partial charge in [-0.15, -0.1) is 0 Å². The monoisotopic (exact) mass is 1960 g/mol. The van der Waals surface area contributed by atoms with Gasteiger partial charge in [-0.05, 0) is 410 Å². The molecule has 7 aromatic carbocycles. The quantitative estimate of drug-likeness (QED) is 0.0533. The molecule has 1 saturated carbocycles. The molecule has 24 heteroatoms. The predicted octanol–water partition coefficient (Wildman–Crippen LogP) is 26.2. The van der Waals surface area contributed by atoms with Crippen LogP contribution in [0.2, 0.25) is 0 Å². The minimum Gasteiger partial charge on any atom is -0.360 e. The number of hydrogen-bond acceptors (Lipinski definition) is 17. The molecule has 760 valence electrons. The van der Waals surface area contributed by atoms with Crippen molar-refractivity contribution in [1.82, 2.24) is 15.5 Å². The summed E-state index contributed by atoms with van der Waals surface area (Å²) >= 11 is 0. The lowest BCUT2D eigenvalue weighted by Crippen LogP contribution is -2.30. The lowest BCUT2D eigenvalue weighted by atomic mass is 9.78. The van der Waals surface area contributed by atoms with Crippen LogP contribution in [0.25, 0.3) is 0 Å². The minimum atomic E-state index is -0.186. The van der Waals surface area contributed by atoms with Crippen molar-refractivity contribution in [3.63, 3.8) is 0 Å². The molecule has 6 unspecified atom stereocenters. The molecule has 7 aliphatic carbocycles. The van der Waals surface area contributed by atoms with Gasteiger partial charge in [0.25, 0.3) is 41.4 Å². The van der Waals surface area contributed by atoms with Crippen LogP contribution >= 0.6 is 0 Å². The second-order valence-corrected chi connectivity index (χ2v) is 42.3. The van der Waals surface area contributed by atoms with Crippen molar-refractivity contribution in [1.29, 1.82) is 0 Å². The smallest absolute Gasteiger partial charge is 0.278 e. The van der Waals surface area contributed by atoms with E-state index in [9.17, 15) is 33.6 Å². The molecule has 11 aliphatic rings. The van der Waals surface area contributed by atoms with Gasteiger partial charge in [0, 0.05) is 87.7 Å². The number of anilines is 7. The Morgan fingerprint density at radius 2 is 0.697 bits per heavy atom. The molecule has 0 spiro atoms. The number of aryl methyl sites for hydroxylation is 16. The van der Waals surface area contributed by atoms with Crippen molar-refractivity contribution < 1.29 is 47.1 Å². The van der Waals surface area contributed by atoms with Crippen LogP contribution in [0.4, 0.5) is 39.8 Å². The molecule has 7 heterocycles. The first-order valence-corrected chi connectivity index (χ1v) is 52.6. The highest BCUT2D eigenvalue weighted by molar-refractivity contribution is 6.51. The summed E-state index contributed by atoms with van der Waals surface area (Å²) in [6.45, 7) is 40.4. The van der Waals surface area contributed by atoms with E-state index in [4.69, 9.17) is 13.6 Å². The highest BCUT2D eigenvalue weighted by Gasteiger charge is 2.39. The Balaban J connectivity index is 0.000000127. The first-order chi connectivity index (χ1) is 69.6. The van der Waals surface area contributed by atoms with Gasteiger partial charge in [0.2, 0.25) is 0 Å². The van der Waals surface area contributed by atoms with E-state index in [0.29, 0.717) is 76.3 Å². The van der Waals surface area contributed by atoms with Gasteiger partial charge in [-0.25, -0.2) is 0 Å². The maximum Gasteiger partial charge on any atom is 0.278 e. The van der Waals surface area contributed by atoms with Gasteiger partial charge < -0.3 is 50.8 Å². The fraction of sp³-hybridized carbons (Fsp3) is 0.438. The van der Waals surface area contributed by atoms with Crippen molar-refractivity contribution in [2.24, 2.45) is 49.6 Å². The molecule has 24 nitrogen and oxygen atoms in total. The average molecular weight is 1960 g/mol. The molecule has 0 bridgehead atoms. The highest BCUT2D eigenvalue weighted by Crippen LogP contribution is 2.42. The maximum absolute atomic E-state index is 12.6. The first kappa shape index (κ1) is 106. The van der Waals surface area contributed by atoms with E-state index in [1.54, 1.807) is 0 Å². The van der Waals surface area contributed by atoms with Crippen LogP contribution in [0.15, 0.2) is 194 Å². The molecule has 145 heavy (non-hydrogen) atoms. The van der Waals surface area contributed by atoms with Crippen molar-refractivity contribution in [3.05, 3.63) is 290 Å². The Kier molecular flexibility index (Phi) is 35.2. The van der Waals surface area contributed by atoms with Crippen LogP contribution in [0.5, 0.6) is 0 Å². The van der Waals surface area contributed by atoms with E-state index >= 15 is 0 Å². The molecule has 7 N–H and O–H groups in total. The number of nitrogens with one attached hydrogen (secondary N) is 7. The van der Waals surface area contributed by atoms with Crippen LogP contribution in [0.3, 0.4) is 0 Å². The minimum absolute atomic E-state index is 0.0105. The zero-order valence-electron chi connectivity index (χ0n) is 88.3. The summed E-state index contributed by atoms with van der Waals surface area (Å²) in [5, 5.41) is 32.8. The predicted molar refractivity (Wildman–Crippen MR) is 583 cm³/mol. The van der Waals surface area contributed by atoms with E-state index in [1.165, 1.54) is 125 Å². The molecular formula is C121H146N14O10. The molecule has 1 fully saturated rings. The van der Waals surface area contributed by atoms with Gasteiger partial charge in [-0.3, -0.25) is 53.5 Å². The van der Waals surface area contributed by atoms with Crippen molar-refractivity contribution in [2.75, 3.05) is 63.4 Å². The number of aliphatic imine (C=N–C) groups is 4. The molecular weight excluding hydrogens is 1810 g/mol. The molecule has 10 aromatic rings. The fourth-order valence-corrected chi connectivity index (χ4v) is 22.2. The average Bonchev–Trinajstić information content (AvgIpc) is 1.64. The Bertz CT molecular complexity index is 6760.